The van der Waals surface area contributed by atoms with Crippen molar-refractivity contribution in [2.75, 3.05) is 0 Å². The van der Waals surface area contributed by atoms with Gasteiger partial charge in [-0.1, -0.05) is 25.1 Å². The van der Waals surface area contributed by atoms with Crippen molar-refractivity contribution in [1.29, 1.82) is 0 Å². The number of hydrogen-bond acceptors (Lipinski definition) is 4. The summed E-state index contributed by atoms with van der Waals surface area (Å²) in [4.78, 5) is 24.5. The Balaban J connectivity index is 1.11. The molecule has 5 N–H and O–H groups in total. The summed E-state index contributed by atoms with van der Waals surface area (Å²) in [7, 11) is 0. The van der Waals surface area contributed by atoms with Crippen molar-refractivity contribution < 1.29 is 14.0 Å². The highest BCUT2D eigenvalue weighted by Crippen LogP contribution is 2.64. The van der Waals surface area contributed by atoms with Gasteiger partial charge in [0.15, 0.2) is 0 Å². The van der Waals surface area contributed by atoms with Crippen LogP contribution < -0.4 is 21.7 Å². The molecule has 0 radical (unpaired) electrons. The predicted octanol–water partition coefficient (Wildman–Crippen LogP) is 1.92. The highest BCUT2D eigenvalue weighted by molar-refractivity contribution is 5.98. The molecule has 6 rings (SSSR count). The molecule has 4 aliphatic rings. The largest absolute Gasteiger partial charge is 0.348 e. The van der Waals surface area contributed by atoms with Gasteiger partial charge in [0, 0.05) is 24.6 Å². The molecular weight excluding hydrogens is 407 g/mol. The number of fused-ring (bicyclic) bond motifs is 6. The third kappa shape index (κ3) is 3.06. The van der Waals surface area contributed by atoms with Gasteiger partial charge in [0.25, 0.3) is 5.91 Å². The van der Waals surface area contributed by atoms with E-state index in [-0.39, 0.29) is 30.1 Å². The summed E-state index contributed by atoms with van der Waals surface area (Å²) in [5, 5.41) is 9.15. The Kier molecular flexibility index (Phi) is 4.42. The number of halogens is 1. The predicted molar refractivity (Wildman–Crippen MR) is 118 cm³/mol. The summed E-state index contributed by atoms with van der Waals surface area (Å²) < 4.78 is 14.8. The standard InChI is InChI=1S/C25H27FN4O2/c1-11-21-17-9-19(22(11)21)29-23(17)25(32)30-20(27)8-14-3-2-13(7-18(14)26)12-4-5-16-15(6-12)10-28-24(16)31/h2-7,11,17,19-23,29H,8-10,27H2,1H3,(H,28,31)(H,30,32)/t11-,17+,19-,20-,21?,22-,23-/m0/s1. The minimum Gasteiger partial charge on any atom is -0.348 e. The molecule has 166 valence electrons. The lowest BCUT2D eigenvalue weighted by atomic mass is 9.94. The van der Waals surface area contributed by atoms with Gasteiger partial charge >= 0.3 is 0 Å². The van der Waals surface area contributed by atoms with Crippen LogP contribution in [0, 0.1) is 29.5 Å². The number of carbonyl (C=O) groups excluding carboxylic acids is 2. The van der Waals surface area contributed by atoms with Gasteiger partial charge in [-0.05, 0) is 70.5 Å². The van der Waals surface area contributed by atoms with Crippen LogP contribution in [0.1, 0.15) is 34.8 Å². The topological polar surface area (TPSA) is 96.2 Å². The summed E-state index contributed by atoms with van der Waals surface area (Å²) in [6.45, 7) is 2.77. The fraction of sp³-hybridized carbons (Fsp3) is 0.440. The molecule has 1 unspecified atom stereocenters. The zero-order valence-corrected chi connectivity index (χ0v) is 17.9. The highest BCUT2D eigenvalue weighted by atomic mass is 19.1. The molecule has 6 nitrogen and oxygen atoms in total. The normalized spacial score (nSPS) is 32.3. The van der Waals surface area contributed by atoms with Crippen LogP contribution in [-0.4, -0.2) is 30.1 Å². The van der Waals surface area contributed by atoms with Crippen molar-refractivity contribution in [3.8, 4) is 11.1 Å². The lowest BCUT2D eigenvalue weighted by Crippen LogP contribution is -2.53. The molecule has 3 fully saturated rings. The first-order chi connectivity index (χ1) is 15.4. The smallest absolute Gasteiger partial charge is 0.251 e. The fourth-order valence-corrected chi connectivity index (χ4v) is 6.47. The van der Waals surface area contributed by atoms with E-state index in [1.54, 1.807) is 12.1 Å². The van der Waals surface area contributed by atoms with Crippen LogP contribution in [0.5, 0.6) is 0 Å². The quantitative estimate of drug-likeness (QED) is 0.541. The Bertz CT molecular complexity index is 1130. The Morgan fingerprint density at radius 3 is 2.78 bits per heavy atom. The lowest BCUT2D eigenvalue weighted by molar-refractivity contribution is -0.124. The van der Waals surface area contributed by atoms with E-state index >= 15 is 0 Å². The average Bonchev–Trinajstić information content (AvgIpc) is 3.12. The Hall–Kier alpha value is -2.77. The number of nitrogens with two attached hydrogens (primary N) is 1. The zero-order chi connectivity index (χ0) is 22.1. The molecule has 0 spiro atoms. The number of benzene rings is 2. The minimum atomic E-state index is -0.645. The van der Waals surface area contributed by atoms with E-state index in [0.717, 1.165) is 29.0 Å². The van der Waals surface area contributed by atoms with Crippen LogP contribution in [0.4, 0.5) is 4.39 Å². The van der Waals surface area contributed by atoms with Crippen LogP contribution in [0.3, 0.4) is 0 Å². The Morgan fingerprint density at radius 2 is 2.00 bits per heavy atom. The molecule has 7 atom stereocenters. The molecule has 0 aromatic heterocycles. The molecule has 2 aromatic carbocycles. The van der Waals surface area contributed by atoms with Crippen molar-refractivity contribution in [1.82, 2.24) is 16.0 Å². The molecule has 2 aromatic rings. The monoisotopic (exact) mass is 434 g/mol. The molecular formula is C25H27FN4O2. The van der Waals surface area contributed by atoms with Gasteiger partial charge in [-0.25, -0.2) is 4.39 Å². The van der Waals surface area contributed by atoms with Gasteiger partial charge < -0.3 is 21.7 Å². The first kappa shape index (κ1) is 19.9. The van der Waals surface area contributed by atoms with E-state index in [1.807, 2.05) is 18.2 Å². The molecule has 2 aliphatic carbocycles. The van der Waals surface area contributed by atoms with Crippen molar-refractivity contribution in [3.05, 3.63) is 58.9 Å². The van der Waals surface area contributed by atoms with Gasteiger partial charge in [-0.15, -0.1) is 0 Å². The Morgan fingerprint density at radius 1 is 1.22 bits per heavy atom. The molecule has 2 bridgehead atoms. The van der Waals surface area contributed by atoms with Crippen LogP contribution in [0.25, 0.3) is 11.1 Å². The molecule has 1 saturated heterocycles. The molecule has 2 amide bonds. The summed E-state index contributed by atoms with van der Waals surface area (Å²) in [6.07, 6.45) is 0.660. The zero-order valence-electron chi connectivity index (χ0n) is 17.9. The van der Waals surface area contributed by atoms with E-state index in [4.69, 9.17) is 5.73 Å². The lowest BCUT2D eigenvalue weighted by Gasteiger charge is -2.24. The fourth-order valence-electron chi connectivity index (χ4n) is 6.47. The van der Waals surface area contributed by atoms with E-state index in [9.17, 15) is 14.0 Å². The number of piperidine rings is 1. The number of amides is 2. The van der Waals surface area contributed by atoms with Gasteiger partial charge in [-0.3, -0.25) is 9.59 Å². The van der Waals surface area contributed by atoms with Crippen molar-refractivity contribution in [3.63, 3.8) is 0 Å². The molecule has 32 heavy (non-hydrogen) atoms. The summed E-state index contributed by atoms with van der Waals surface area (Å²) in [5.74, 6) is 2.04. The van der Waals surface area contributed by atoms with Gasteiger partial charge in [0.1, 0.15) is 5.82 Å². The van der Waals surface area contributed by atoms with Crippen LogP contribution in [0.2, 0.25) is 0 Å². The SMILES string of the molecule is C[C@H]1C2[C@@H]1[C@@H]1C[C@H]2[C@@H](C(=O)N[C@H](N)Cc2ccc(-c3ccc4c(c3)CNC4=O)cc2F)N1. The third-order valence-corrected chi connectivity index (χ3v) is 8.05. The van der Waals surface area contributed by atoms with Crippen molar-refractivity contribution in [2.45, 2.75) is 44.6 Å². The van der Waals surface area contributed by atoms with Crippen LogP contribution in [0.15, 0.2) is 36.4 Å². The third-order valence-electron chi connectivity index (χ3n) is 8.05. The second-order valence-electron chi connectivity index (χ2n) is 9.84. The number of nitrogens with one attached hydrogen (secondary N) is 3. The van der Waals surface area contributed by atoms with E-state index in [1.165, 1.54) is 6.07 Å². The Labute approximate surface area is 186 Å². The maximum Gasteiger partial charge on any atom is 0.251 e. The van der Waals surface area contributed by atoms with Crippen LogP contribution >= 0.6 is 0 Å². The first-order valence-corrected chi connectivity index (χ1v) is 11.4. The summed E-state index contributed by atoms with van der Waals surface area (Å²) in [5.41, 5.74) is 9.83. The molecule has 2 heterocycles. The highest BCUT2D eigenvalue weighted by Gasteiger charge is 2.67. The number of hydrogen-bond donors (Lipinski definition) is 4. The maximum absolute atomic E-state index is 14.8. The van der Waals surface area contributed by atoms with Gasteiger partial charge in [0.05, 0.1) is 12.2 Å². The molecule has 2 saturated carbocycles. The number of rotatable bonds is 5. The minimum absolute atomic E-state index is 0.0686. The second-order valence-corrected chi connectivity index (χ2v) is 9.84. The maximum atomic E-state index is 14.8. The number of carbonyl (C=O) groups is 2. The molecule has 2 aliphatic heterocycles. The summed E-state index contributed by atoms with van der Waals surface area (Å²) in [6, 6.07) is 10.9. The first-order valence-electron chi connectivity index (χ1n) is 11.4. The van der Waals surface area contributed by atoms with E-state index in [2.05, 4.69) is 22.9 Å². The van der Waals surface area contributed by atoms with E-state index in [0.29, 0.717) is 41.5 Å². The molecule has 7 heteroatoms. The van der Waals surface area contributed by atoms with Gasteiger partial charge in [-0.2, -0.15) is 0 Å². The summed E-state index contributed by atoms with van der Waals surface area (Å²) >= 11 is 0. The second kappa shape index (κ2) is 7.12. The van der Waals surface area contributed by atoms with Gasteiger partial charge in [0.2, 0.25) is 5.91 Å². The average molecular weight is 435 g/mol. The van der Waals surface area contributed by atoms with Crippen LogP contribution in [-0.2, 0) is 17.8 Å². The van der Waals surface area contributed by atoms with Crippen molar-refractivity contribution in [2.24, 2.45) is 29.4 Å². The van der Waals surface area contributed by atoms with Crippen molar-refractivity contribution >= 4 is 11.8 Å². The van der Waals surface area contributed by atoms with E-state index < -0.39 is 6.17 Å².